The molecular formula is C24H22F3N3O3S. The average molecular weight is 490 g/mol. The number of aryl methyl sites for hydroxylation is 1. The van der Waals surface area contributed by atoms with E-state index in [1.165, 1.54) is 23.5 Å². The van der Waals surface area contributed by atoms with Crippen LogP contribution in [-0.4, -0.2) is 47.6 Å². The molecule has 0 unspecified atom stereocenters. The van der Waals surface area contributed by atoms with Crippen LogP contribution in [0, 0.1) is 6.92 Å². The van der Waals surface area contributed by atoms with E-state index in [2.05, 4.69) is 4.99 Å². The first-order valence-electron chi connectivity index (χ1n) is 10.6. The molecule has 4 rings (SSSR count). The third-order valence-electron chi connectivity index (χ3n) is 5.47. The van der Waals surface area contributed by atoms with Gasteiger partial charge in [0, 0.05) is 35.3 Å². The zero-order chi connectivity index (χ0) is 24.3. The minimum absolute atomic E-state index is 0.0448. The van der Waals surface area contributed by atoms with Gasteiger partial charge in [0.25, 0.3) is 11.8 Å². The van der Waals surface area contributed by atoms with E-state index in [-0.39, 0.29) is 11.5 Å². The van der Waals surface area contributed by atoms with Gasteiger partial charge in [-0.05, 0) is 42.8 Å². The first kappa shape index (κ1) is 23.9. The molecule has 0 spiro atoms. The number of hydrogen-bond donors (Lipinski definition) is 0. The Morgan fingerprint density at radius 3 is 2.44 bits per heavy atom. The highest BCUT2D eigenvalue weighted by Crippen LogP contribution is 2.29. The van der Waals surface area contributed by atoms with Gasteiger partial charge in [0.1, 0.15) is 0 Å². The van der Waals surface area contributed by atoms with Crippen LogP contribution in [0.4, 0.5) is 13.2 Å². The number of thiazole rings is 1. The molecule has 0 saturated carbocycles. The number of benzene rings is 2. The minimum atomic E-state index is -4.54. The topological polar surface area (TPSA) is 63.9 Å². The number of alkyl halides is 3. The van der Waals surface area contributed by atoms with E-state index < -0.39 is 17.6 Å². The lowest BCUT2D eigenvalue weighted by Crippen LogP contribution is -2.40. The second-order valence-electron chi connectivity index (χ2n) is 7.84. The number of amides is 2. The molecule has 1 saturated heterocycles. The minimum Gasteiger partial charge on any atom is -0.378 e. The summed E-state index contributed by atoms with van der Waals surface area (Å²) in [6.07, 6.45) is -4.54. The second kappa shape index (κ2) is 9.94. The first-order valence-corrected chi connectivity index (χ1v) is 11.5. The van der Waals surface area contributed by atoms with Crippen molar-refractivity contribution in [1.82, 2.24) is 9.47 Å². The van der Waals surface area contributed by atoms with Gasteiger partial charge in [-0.15, -0.1) is 11.3 Å². The van der Waals surface area contributed by atoms with Crippen molar-refractivity contribution in [3.8, 4) is 0 Å². The molecule has 2 heterocycles. The van der Waals surface area contributed by atoms with Gasteiger partial charge in [-0.25, -0.2) is 0 Å². The summed E-state index contributed by atoms with van der Waals surface area (Å²) in [5.74, 6) is -0.787. The van der Waals surface area contributed by atoms with E-state index in [9.17, 15) is 22.8 Å². The van der Waals surface area contributed by atoms with Crippen LogP contribution in [0.5, 0.6) is 0 Å². The summed E-state index contributed by atoms with van der Waals surface area (Å²) in [5, 5.41) is 1.83. The fourth-order valence-corrected chi connectivity index (χ4v) is 4.43. The maximum atomic E-state index is 13.0. The Morgan fingerprint density at radius 2 is 1.76 bits per heavy atom. The Balaban J connectivity index is 1.54. The second-order valence-corrected chi connectivity index (χ2v) is 8.68. The van der Waals surface area contributed by atoms with Crippen LogP contribution in [0.2, 0.25) is 0 Å². The molecule has 2 amide bonds. The zero-order valence-electron chi connectivity index (χ0n) is 18.3. The Labute approximate surface area is 197 Å². The number of rotatable bonds is 4. The van der Waals surface area contributed by atoms with Crippen molar-refractivity contribution < 1.29 is 27.5 Å². The summed E-state index contributed by atoms with van der Waals surface area (Å²) in [5.41, 5.74) is 1.32. The number of hydrogen-bond acceptors (Lipinski definition) is 4. The standard InChI is InChI=1S/C24H22F3N3O3S/c1-16-15-34-23(28-21(31)19-3-2-4-20(13-19)24(25,26)27)30(16)14-17-5-7-18(8-6-17)22(32)29-9-11-33-12-10-29/h2-8,13,15H,9-12,14H2,1H3. The van der Waals surface area contributed by atoms with Crippen LogP contribution in [0.15, 0.2) is 58.9 Å². The number of carbonyl (C=O) groups excluding carboxylic acids is 2. The molecule has 0 N–H and O–H groups in total. The predicted octanol–water partition coefficient (Wildman–Crippen LogP) is 4.14. The smallest absolute Gasteiger partial charge is 0.378 e. The fourth-order valence-electron chi connectivity index (χ4n) is 3.56. The number of carbonyl (C=O) groups is 2. The van der Waals surface area contributed by atoms with Gasteiger partial charge in [-0.2, -0.15) is 18.2 Å². The van der Waals surface area contributed by atoms with E-state index in [1.807, 2.05) is 29.0 Å². The normalized spacial score (nSPS) is 14.9. The van der Waals surface area contributed by atoms with Gasteiger partial charge < -0.3 is 14.2 Å². The molecule has 0 radical (unpaired) electrons. The lowest BCUT2D eigenvalue weighted by molar-refractivity contribution is -0.137. The first-order chi connectivity index (χ1) is 16.2. The van der Waals surface area contributed by atoms with Crippen LogP contribution in [-0.2, 0) is 17.5 Å². The summed E-state index contributed by atoms with van der Waals surface area (Å²) < 4.78 is 46.0. The summed E-state index contributed by atoms with van der Waals surface area (Å²) in [4.78, 5) is 31.4. The van der Waals surface area contributed by atoms with Crippen LogP contribution in [0.25, 0.3) is 0 Å². The van der Waals surface area contributed by atoms with Gasteiger partial charge >= 0.3 is 6.18 Å². The molecule has 1 aliphatic heterocycles. The molecule has 1 aromatic heterocycles. The molecule has 0 bridgehead atoms. The molecule has 2 aromatic carbocycles. The molecule has 6 nitrogen and oxygen atoms in total. The highest BCUT2D eigenvalue weighted by atomic mass is 32.1. The monoisotopic (exact) mass is 489 g/mol. The van der Waals surface area contributed by atoms with Crippen LogP contribution in [0.1, 0.15) is 37.5 Å². The summed E-state index contributed by atoms with van der Waals surface area (Å²) in [6.45, 7) is 4.45. The van der Waals surface area contributed by atoms with Crippen molar-refractivity contribution in [2.24, 2.45) is 4.99 Å². The van der Waals surface area contributed by atoms with Crippen LogP contribution in [0.3, 0.4) is 0 Å². The SMILES string of the molecule is Cc1csc(=NC(=O)c2cccc(C(F)(F)F)c2)n1Cc1ccc(C(=O)N2CCOCC2)cc1. The Kier molecular flexibility index (Phi) is 6.99. The number of nitrogens with zero attached hydrogens (tertiary/aromatic N) is 3. The van der Waals surface area contributed by atoms with Gasteiger partial charge in [0.15, 0.2) is 4.80 Å². The third-order valence-corrected chi connectivity index (χ3v) is 6.45. The van der Waals surface area contributed by atoms with E-state index in [0.717, 1.165) is 23.4 Å². The molecule has 0 atom stereocenters. The van der Waals surface area contributed by atoms with Crippen molar-refractivity contribution in [3.05, 3.63) is 86.7 Å². The van der Waals surface area contributed by atoms with E-state index >= 15 is 0 Å². The quantitative estimate of drug-likeness (QED) is 0.554. The molecule has 3 aromatic rings. The summed E-state index contributed by atoms with van der Waals surface area (Å²) in [7, 11) is 0. The summed E-state index contributed by atoms with van der Waals surface area (Å²) >= 11 is 1.24. The van der Waals surface area contributed by atoms with E-state index in [4.69, 9.17) is 4.74 Å². The van der Waals surface area contributed by atoms with E-state index in [1.54, 1.807) is 17.0 Å². The molecule has 178 valence electrons. The van der Waals surface area contributed by atoms with Crippen molar-refractivity contribution in [2.45, 2.75) is 19.6 Å². The number of morpholine rings is 1. The molecular weight excluding hydrogens is 467 g/mol. The molecule has 10 heteroatoms. The molecule has 1 aliphatic rings. The lowest BCUT2D eigenvalue weighted by Gasteiger charge is -2.26. The highest BCUT2D eigenvalue weighted by Gasteiger charge is 2.30. The van der Waals surface area contributed by atoms with E-state index in [0.29, 0.717) is 43.2 Å². The molecule has 1 fully saturated rings. The van der Waals surface area contributed by atoms with Crippen molar-refractivity contribution >= 4 is 23.2 Å². The van der Waals surface area contributed by atoms with Crippen molar-refractivity contribution in [1.29, 1.82) is 0 Å². The Morgan fingerprint density at radius 1 is 1.06 bits per heavy atom. The highest BCUT2D eigenvalue weighted by molar-refractivity contribution is 7.07. The lowest BCUT2D eigenvalue weighted by atomic mass is 10.1. The number of aromatic nitrogens is 1. The van der Waals surface area contributed by atoms with Gasteiger partial charge in [0.2, 0.25) is 0 Å². The Bertz CT molecular complexity index is 1260. The maximum Gasteiger partial charge on any atom is 0.416 e. The molecule has 34 heavy (non-hydrogen) atoms. The van der Waals surface area contributed by atoms with Gasteiger partial charge in [0.05, 0.1) is 25.3 Å². The van der Waals surface area contributed by atoms with Crippen LogP contribution >= 0.6 is 11.3 Å². The molecule has 0 aliphatic carbocycles. The third kappa shape index (κ3) is 5.45. The van der Waals surface area contributed by atoms with Crippen molar-refractivity contribution in [2.75, 3.05) is 26.3 Å². The van der Waals surface area contributed by atoms with Gasteiger partial charge in [-0.1, -0.05) is 18.2 Å². The number of ether oxygens (including phenoxy) is 1. The predicted molar refractivity (Wildman–Crippen MR) is 121 cm³/mol. The largest absolute Gasteiger partial charge is 0.416 e. The zero-order valence-corrected chi connectivity index (χ0v) is 19.2. The maximum absolute atomic E-state index is 13.0. The summed E-state index contributed by atoms with van der Waals surface area (Å²) in [6, 6.07) is 11.4. The Hall–Kier alpha value is -3.24. The fraction of sp³-hybridized carbons (Fsp3) is 0.292. The number of halogens is 3. The van der Waals surface area contributed by atoms with Gasteiger partial charge in [-0.3, -0.25) is 9.59 Å². The van der Waals surface area contributed by atoms with Crippen molar-refractivity contribution in [3.63, 3.8) is 0 Å². The van der Waals surface area contributed by atoms with Crippen LogP contribution < -0.4 is 4.80 Å². The average Bonchev–Trinajstić information content (AvgIpc) is 3.18.